The lowest BCUT2D eigenvalue weighted by Gasteiger charge is -2.36. The Morgan fingerprint density at radius 3 is 2.48 bits per heavy atom. The van der Waals surface area contributed by atoms with E-state index in [-0.39, 0.29) is 5.91 Å². The predicted octanol–water partition coefficient (Wildman–Crippen LogP) is 4.01. The molecule has 0 bridgehead atoms. The van der Waals surface area contributed by atoms with Crippen LogP contribution in [0.3, 0.4) is 0 Å². The Morgan fingerprint density at radius 2 is 1.72 bits per heavy atom. The van der Waals surface area contributed by atoms with Crippen LogP contribution >= 0.6 is 0 Å². The van der Waals surface area contributed by atoms with E-state index in [0.29, 0.717) is 18.8 Å². The van der Waals surface area contributed by atoms with Gasteiger partial charge in [0.25, 0.3) is 5.91 Å². The van der Waals surface area contributed by atoms with E-state index in [1.807, 2.05) is 35.2 Å². The highest BCUT2D eigenvalue weighted by molar-refractivity contribution is 5.96. The molecule has 1 aromatic heterocycles. The standard InChI is InChI=1S/C21H22N2O2/c1-15-6-5-8-18(16(15)2)22-10-12-23(13-11-22)21(24)20-14-17-7-3-4-9-19(17)25-20/h3-9,14H,10-13H2,1-2H3. The Hall–Kier alpha value is -2.75. The van der Waals surface area contributed by atoms with Crippen molar-refractivity contribution in [1.82, 2.24) is 4.90 Å². The summed E-state index contributed by atoms with van der Waals surface area (Å²) in [6.45, 7) is 7.41. The molecular formula is C21H22N2O2. The van der Waals surface area contributed by atoms with Gasteiger partial charge in [0.15, 0.2) is 5.76 Å². The lowest BCUT2D eigenvalue weighted by molar-refractivity contribution is 0.0717. The number of carbonyl (C=O) groups excluding carboxylic acids is 1. The molecule has 4 nitrogen and oxygen atoms in total. The molecule has 1 fully saturated rings. The van der Waals surface area contributed by atoms with Crippen molar-refractivity contribution in [2.75, 3.05) is 31.1 Å². The number of hydrogen-bond acceptors (Lipinski definition) is 3. The van der Waals surface area contributed by atoms with Crippen LogP contribution in [0, 0.1) is 13.8 Å². The molecule has 2 heterocycles. The Kier molecular flexibility index (Phi) is 3.96. The first-order valence-electron chi connectivity index (χ1n) is 8.72. The Balaban J connectivity index is 1.48. The molecule has 4 heteroatoms. The summed E-state index contributed by atoms with van der Waals surface area (Å²) < 4.78 is 5.72. The minimum absolute atomic E-state index is 0.0168. The molecule has 1 aliphatic rings. The highest BCUT2D eigenvalue weighted by Gasteiger charge is 2.25. The second kappa shape index (κ2) is 6.28. The van der Waals surface area contributed by atoms with Crippen LogP contribution in [-0.4, -0.2) is 37.0 Å². The minimum Gasteiger partial charge on any atom is -0.451 e. The number of nitrogens with zero attached hydrogens (tertiary/aromatic N) is 2. The average molecular weight is 334 g/mol. The molecule has 128 valence electrons. The molecule has 1 aliphatic heterocycles. The number of fused-ring (bicyclic) bond motifs is 1. The van der Waals surface area contributed by atoms with Gasteiger partial charge in [-0.05, 0) is 43.2 Å². The lowest BCUT2D eigenvalue weighted by Crippen LogP contribution is -2.49. The predicted molar refractivity (Wildman–Crippen MR) is 100 cm³/mol. The van der Waals surface area contributed by atoms with Crippen LogP contribution in [0.4, 0.5) is 5.69 Å². The van der Waals surface area contributed by atoms with Gasteiger partial charge in [-0.3, -0.25) is 4.79 Å². The normalized spacial score (nSPS) is 15.0. The second-order valence-electron chi connectivity index (χ2n) is 6.65. The van der Waals surface area contributed by atoms with Gasteiger partial charge in [0.2, 0.25) is 0 Å². The van der Waals surface area contributed by atoms with E-state index in [1.165, 1.54) is 16.8 Å². The third-order valence-electron chi connectivity index (χ3n) is 5.12. The van der Waals surface area contributed by atoms with Gasteiger partial charge in [0, 0.05) is 37.3 Å². The summed E-state index contributed by atoms with van der Waals surface area (Å²) in [6.07, 6.45) is 0. The summed E-state index contributed by atoms with van der Waals surface area (Å²) in [5, 5.41) is 0.972. The van der Waals surface area contributed by atoms with Crippen LogP contribution in [0.1, 0.15) is 21.7 Å². The van der Waals surface area contributed by atoms with Crippen molar-refractivity contribution in [2.45, 2.75) is 13.8 Å². The zero-order valence-corrected chi connectivity index (χ0v) is 14.7. The van der Waals surface area contributed by atoms with Crippen LogP contribution in [0.5, 0.6) is 0 Å². The van der Waals surface area contributed by atoms with Crippen molar-refractivity contribution < 1.29 is 9.21 Å². The van der Waals surface area contributed by atoms with E-state index >= 15 is 0 Å². The molecular weight excluding hydrogens is 312 g/mol. The molecule has 0 radical (unpaired) electrons. The van der Waals surface area contributed by atoms with Crippen molar-refractivity contribution in [2.24, 2.45) is 0 Å². The van der Waals surface area contributed by atoms with Crippen molar-refractivity contribution >= 4 is 22.6 Å². The topological polar surface area (TPSA) is 36.7 Å². The smallest absolute Gasteiger partial charge is 0.289 e. The van der Waals surface area contributed by atoms with Crippen molar-refractivity contribution in [3.63, 3.8) is 0 Å². The third kappa shape index (κ3) is 2.88. The number of aryl methyl sites for hydroxylation is 1. The Labute approximate surface area is 147 Å². The van der Waals surface area contributed by atoms with Crippen molar-refractivity contribution in [1.29, 1.82) is 0 Å². The average Bonchev–Trinajstić information content (AvgIpc) is 3.08. The van der Waals surface area contributed by atoms with Gasteiger partial charge in [0.1, 0.15) is 5.58 Å². The number of furan rings is 1. The molecule has 0 atom stereocenters. The lowest BCUT2D eigenvalue weighted by atomic mass is 10.1. The van der Waals surface area contributed by atoms with Crippen LogP contribution in [0.15, 0.2) is 52.9 Å². The quantitative estimate of drug-likeness (QED) is 0.710. The van der Waals surface area contributed by atoms with Crippen LogP contribution in [-0.2, 0) is 0 Å². The van der Waals surface area contributed by atoms with Gasteiger partial charge < -0.3 is 14.2 Å². The molecule has 0 saturated carbocycles. The summed E-state index contributed by atoms with van der Waals surface area (Å²) in [5.74, 6) is 0.415. The first kappa shape index (κ1) is 15.8. The Morgan fingerprint density at radius 1 is 0.960 bits per heavy atom. The van der Waals surface area contributed by atoms with Gasteiger partial charge in [-0.25, -0.2) is 0 Å². The highest BCUT2D eigenvalue weighted by Crippen LogP contribution is 2.25. The third-order valence-corrected chi connectivity index (χ3v) is 5.12. The molecule has 0 spiro atoms. The van der Waals surface area contributed by atoms with Crippen molar-refractivity contribution in [3.8, 4) is 0 Å². The van der Waals surface area contributed by atoms with E-state index in [4.69, 9.17) is 4.42 Å². The van der Waals surface area contributed by atoms with Gasteiger partial charge in [-0.1, -0.05) is 30.3 Å². The van der Waals surface area contributed by atoms with E-state index in [9.17, 15) is 4.79 Å². The van der Waals surface area contributed by atoms with Crippen LogP contribution in [0.2, 0.25) is 0 Å². The molecule has 4 rings (SSSR count). The number of para-hydroxylation sites is 1. The monoisotopic (exact) mass is 334 g/mol. The molecule has 0 unspecified atom stereocenters. The van der Waals surface area contributed by atoms with Gasteiger partial charge in [0.05, 0.1) is 0 Å². The van der Waals surface area contributed by atoms with Gasteiger partial charge >= 0.3 is 0 Å². The molecule has 1 amide bonds. The molecule has 3 aromatic rings. The first-order chi connectivity index (χ1) is 12.1. The number of hydrogen-bond donors (Lipinski definition) is 0. The maximum atomic E-state index is 12.7. The zero-order chi connectivity index (χ0) is 17.4. The maximum absolute atomic E-state index is 12.7. The minimum atomic E-state index is -0.0168. The van der Waals surface area contributed by atoms with E-state index in [0.717, 1.165) is 24.1 Å². The summed E-state index contributed by atoms with van der Waals surface area (Å²) in [7, 11) is 0. The van der Waals surface area contributed by atoms with Gasteiger partial charge in [-0.2, -0.15) is 0 Å². The second-order valence-corrected chi connectivity index (χ2v) is 6.65. The van der Waals surface area contributed by atoms with E-state index < -0.39 is 0 Å². The number of carbonyl (C=O) groups is 1. The number of amides is 1. The van der Waals surface area contributed by atoms with Crippen LogP contribution in [0.25, 0.3) is 11.0 Å². The number of benzene rings is 2. The SMILES string of the molecule is Cc1cccc(N2CCN(C(=O)c3cc4ccccc4o3)CC2)c1C. The fourth-order valence-corrected chi connectivity index (χ4v) is 3.47. The first-order valence-corrected chi connectivity index (χ1v) is 8.72. The molecule has 1 saturated heterocycles. The molecule has 2 aromatic carbocycles. The summed E-state index contributed by atoms with van der Waals surface area (Å²) >= 11 is 0. The largest absolute Gasteiger partial charge is 0.451 e. The maximum Gasteiger partial charge on any atom is 0.289 e. The summed E-state index contributed by atoms with van der Waals surface area (Å²) in [6, 6.07) is 16.0. The fraction of sp³-hybridized carbons (Fsp3) is 0.286. The Bertz CT molecular complexity index is 888. The summed E-state index contributed by atoms with van der Waals surface area (Å²) in [4.78, 5) is 17.0. The zero-order valence-electron chi connectivity index (χ0n) is 14.7. The van der Waals surface area contributed by atoms with E-state index in [2.05, 4.69) is 36.9 Å². The molecule has 25 heavy (non-hydrogen) atoms. The number of anilines is 1. The van der Waals surface area contributed by atoms with Crippen LogP contribution < -0.4 is 4.90 Å². The highest BCUT2D eigenvalue weighted by atomic mass is 16.3. The molecule has 0 aliphatic carbocycles. The number of piperazine rings is 1. The summed E-state index contributed by atoms with van der Waals surface area (Å²) in [5.41, 5.74) is 4.66. The van der Waals surface area contributed by atoms with E-state index in [1.54, 1.807) is 0 Å². The van der Waals surface area contributed by atoms with Gasteiger partial charge in [-0.15, -0.1) is 0 Å². The van der Waals surface area contributed by atoms with Crippen molar-refractivity contribution in [3.05, 3.63) is 65.4 Å². The number of rotatable bonds is 2. The molecule has 0 N–H and O–H groups in total. The fourth-order valence-electron chi connectivity index (χ4n) is 3.47.